The van der Waals surface area contributed by atoms with Gasteiger partial charge in [0.15, 0.2) is 0 Å². The number of rotatable bonds is 7. The predicted molar refractivity (Wildman–Crippen MR) is 130 cm³/mol. The number of hydrogen-bond donors (Lipinski definition) is 2. The van der Waals surface area contributed by atoms with Gasteiger partial charge >= 0.3 is 0 Å². The first-order valence-corrected chi connectivity index (χ1v) is 12.5. The van der Waals surface area contributed by atoms with Crippen LogP contribution in [-0.2, 0) is 13.0 Å². The van der Waals surface area contributed by atoms with Gasteiger partial charge in [-0.1, -0.05) is 24.3 Å². The Hall–Kier alpha value is -2.61. The first kappa shape index (κ1) is 23.1. The monoisotopic (exact) mass is 465 g/mol. The smallest absolute Gasteiger partial charge is 0.257 e. The molecule has 5 rings (SSSR count). The lowest BCUT2D eigenvalue weighted by molar-refractivity contribution is 0.0501. The largest absolute Gasteiger partial charge is 0.493 e. The molecule has 1 unspecified atom stereocenters. The first-order valence-electron chi connectivity index (χ1n) is 12.5. The number of nitrogens with one attached hydrogen (secondary N) is 1. The third-order valence-electron chi connectivity index (χ3n) is 7.14. The number of benzene rings is 2. The van der Waals surface area contributed by atoms with E-state index in [9.17, 15) is 9.90 Å². The average molecular weight is 466 g/mol. The predicted octanol–water partition coefficient (Wildman–Crippen LogP) is 2.32. The summed E-state index contributed by atoms with van der Waals surface area (Å²) in [5, 5.41) is 14.2. The Bertz CT molecular complexity index is 992. The molecule has 7 heteroatoms. The van der Waals surface area contributed by atoms with Gasteiger partial charge in [0.2, 0.25) is 0 Å². The summed E-state index contributed by atoms with van der Waals surface area (Å²) >= 11 is 0. The van der Waals surface area contributed by atoms with E-state index in [2.05, 4.69) is 34.5 Å². The van der Waals surface area contributed by atoms with Crippen molar-refractivity contribution in [1.82, 2.24) is 15.1 Å². The van der Waals surface area contributed by atoms with Crippen LogP contribution in [0.4, 0.5) is 0 Å². The molecule has 1 fully saturated rings. The highest BCUT2D eigenvalue weighted by molar-refractivity contribution is 5.97. The standard InChI is InChI=1S/C27H35N3O4/c31-23(17-29-12-9-21-3-1-2-4-22(21)16-29)18-30-13-14-33-26-15-24(5-6-25(26)27(30)32)34-19-20-7-10-28-11-8-20/h1-6,15,20,23,28,31H,7-14,16-19H2. The van der Waals surface area contributed by atoms with Crippen molar-refractivity contribution >= 4 is 5.91 Å². The number of aliphatic hydroxyl groups excluding tert-OH is 1. The molecule has 34 heavy (non-hydrogen) atoms. The highest BCUT2D eigenvalue weighted by Crippen LogP contribution is 2.29. The fraction of sp³-hybridized carbons (Fsp3) is 0.519. The van der Waals surface area contributed by atoms with Crippen LogP contribution in [0.3, 0.4) is 0 Å². The zero-order valence-electron chi connectivity index (χ0n) is 19.7. The highest BCUT2D eigenvalue weighted by atomic mass is 16.5. The summed E-state index contributed by atoms with van der Waals surface area (Å²) in [5.41, 5.74) is 3.25. The lowest BCUT2D eigenvalue weighted by atomic mass is 9.99. The van der Waals surface area contributed by atoms with Crippen LogP contribution in [-0.4, -0.2) is 79.4 Å². The molecule has 0 radical (unpaired) electrons. The van der Waals surface area contributed by atoms with Crippen molar-refractivity contribution in [3.05, 3.63) is 59.2 Å². The number of ether oxygens (including phenoxy) is 2. The van der Waals surface area contributed by atoms with Crippen LogP contribution in [0.2, 0.25) is 0 Å². The number of nitrogens with zero attached hydrogens (tertiary/aromatic N) is 2. The molecule has 2 N–H and O–H groups in total. The topological polar surface area (TPSA) is 74.3 Å². The summed E-state index contributed by atoms with van der Waals surface area (Å²) in [6, 6.07) is 14.0. The fourth-order valence-corrected chi connectivity index (χ4v) is 5.18. The third-order valence-corrected chi connectivity index (χ3v) is 7.14. The number of carbonyl (C=O) groups excluding carboxylic acids is 1. The van der Waals surface area contributed by atoms with Crippen molar-refractivity contribution in [2.75, 3.05) is 52.5 Å². The van der Waals surface area contributed by atoms with E-state index in [0.29, 0.717) is 50.1 Å². The van der Waals surface area contributed by atoms with Crippen LogP contribution in [0, 0.1) is 5.92 Å². The van der Waals surface area contributed by atoms with Gasteiger partial charge in [-0.3, -0.25) is 9.69 Å². The van der Waals surface area contributed by atoms with E-state index in [0.717, 1.165) is 51.2 Å². The van der Waals surface area contributed by atoms with Crippen LogP contribution in [0.25, 0.3) is 0 Å². The van der Waals surface area contributed by atoms with E-state index in [1.54, 1.807) is 11.0 Å². The summed E-state index contributed by atoms with van der Waals surface area (Å²) < 4.78 is 11.9. The number of piperidine rings is 1. The third kappa shape index (κ3) is 5.54. The van der Waals surface area contributed by atoms with E-state index in [1.807, 2.05) is 12.1 Å². The van der Waals surface area contributed by atoms with E-state index >= 15 is 0 Å². The van der Waals surface area contributed by atoms with E-state index in [-0.39, 0.29) is 5.91 Å². The van der Waals surface area contributed by atoms with Crippen LogP contribution in [0.15, 0.2) is 42.5 Å². The molecular formula is C27H35N3O4. The molecule has 2 aromatic carbocycles. The van der Waals surface area contributed by atoms with Gasteiger partial charge in [0.05, 0.1) is 24.8 Å². The van der Waals surface area contributed by atoms with Crippen molar-refractivity contribution < 1.29 is 19.4 Å². The molecule has 3 aliphatic rings. The minimum absolute atomic E-state index is 0.0968. The average Bonchev–Trinajstić information content (AvgIpc) is 3.01. The SMILES string of the molecule is O=C1c2ccc(OCC3CCNCC3)cc2OCCN1CC(O)CN1CCc2ccccc2C1. The van der Waals surface area contributed by atoms with Gasteiger partial charge in [0.1, 0.15) is 18.1 Å². The molecule has 0 aliphatic carbocycles. The Morgan fingerprint density at radius 2 is 1.91 bits per heavy atom. The second-order valence-corrected chi connectivity index (χ2v) is 9.67. The summed E-state index contributed by atoms with van der Waals surface area (Å²) in [5.74, 6) is 1.77. The lowest BCUT2D eigenvalue weighted by Crippen LogP contribution is -2.44. The number of amides is 1. The van der Waals surface area contributed by atoms with E-state index in [1.165, 1.54) is 11.1 Å². The van der Waals surface area contributed by atoms with Crippen LogP contribution >= 0.6 is 0 Å². The van der Waals surface area contributed by atoms with Crippen molar-refractivity contribution in [2.24, 2.45) is 5.92 Å². The molecule has 0 aromatic heterocycles. The lowest BCUT2D eigenvalue weighted by Gasteiger charge is -2.32. The molecule has 1 atom stereocenters. The van der Waals surface area contributed by atoms with Crippen LogP contribution in [0.5, 0.6) is 11.5 Å². The molecule has 1 saturated heterocycles. The minimum Gasteiger partial charge on any atom is -0.493 e. The maximum Gasteiger partial charge on any atom is 0.257 e. The molecule has 182 valence electrons. The number of carbonyl (C=O) groups is 1. The van der Waals surface area contributed by atoms with Gasteiger partial charge < -0.3 is 24.8 Å². The Balaban J connectivity index is 1.17. The zero-order chi connectivity index (χ0) is 23.3. The summed E-state index contributed by atoms with van der Waals surface area (Å²) in [4.78, 5) is 17.2. The van der Waals surface area contributed by atoms with Gasteiger partial charge in [-0.2, -0.15) is 0 Å². The molecule has 3 heterocycles. The first-order chi connectivity index (χ1) is 16.7. The van der Waals surface area contributed by atoms with Crippen molar-refractivity contribution in [3.8, 4) is 11.5 Å². The normalized spacial score (nSPS) is 20.1. The Morgan fingerprint density at radius 1 is 1.09 bits per heavy atom. The number of aliphatic hydroxyl groups is 1. The second-order valence-electron chi connectivity index (χ2n) is 9.67. The zero-order valence-corrected chi connectivity index (χ0v) is 19.7. The summed E-state index contributed by atoms with van der Waals surface area (Å²) in [6.07, 6.45) is 2.64. The summed E-state index contributed by atoms with van der Waals surface area (Å²) in [7, 11) is 0. The van der Waals surface area contributed by atoms with Crippen molar-refractivity contribution in [2.45, 2.75) is 31.9 Å². The van der Waals surface area contributed by atoms with Crippen LogP contribution < -0.4 is 14.8 Å². The van der Waals surface area contributed by atoms with E-state index < -0.39 is 6.10 Å². The van der Waals surface area contributed by atoms with E-state index in [4.69, 9.17) is 9.47 Å². The van der Waals surface area contributed by atoms with Crippen LogP contribution in [0.1, 0.15) is 34.3 Å². The Labute approximate surface area is 201 Å². The second kappa shape index (κ2) is 10.8. The maximum atomic E-state index is 13.2. The molecule has 2 aromatic rings. The van der Waals surface area contributed by atoms with Crippen molar-refractivity contribution in [3.63, 3.8) is 0 Å². The Morgan fingerprint density at radius 3 is 2.76 bits per heavy atom. The number of hydrogen-bond acceptors (Lipinski definition) is 6. The highest BCUT2D eigenvalue weighted by Gasteiger charge is 2.27. The quantitative estimate of drug-likeness (QED) is 0.654. The number of fused-ring (bicyclic) bond motifs is 2. The van der Waals surface area contributed by atoms with Gasteiger partial charge in [0.25, 0.3) is 5.91 Å². The molecule has 1 amide bonds. The van der Waals surface area contributed by atoms with Gasteiger partial charge in [-0.05, 0) is 61.5 Å². The summed E-state index contributed by atoms with van der Waals surface area (Å²) in [6.45, 7) is 6.25. The number of β-amino-alcohol motifs (C(OH)–C–C–N with tert-alkyl or cyclic N) is 1. The van der Waals surface area contributed by atoms with Gasteiger partial charge in [-0.15, -0.1) is 0 Å². The van der Waals surface area contributed by atoms with Crippen molar-refractivity contribution in [1.29, 1.82) is 0 Å². The molecule has 3 aliphatic heterocycles. The van der Waals surface area contributed by atoms with Gasteiger partial charge in [-0.25, -0.2) is 0 Å². The molecule has 0 bridgehead atoms. The molecule has 0 spiro atoms. The van der Waals surface area contributed by atoms with Gasteiger partial charge in [0, 0.05) is 32.2 Å². The molecule has 0 saturated carbocycles. The molecule has 7 nitrogen and oxygen atoms in total. The Kier molecular flexibility index (Phi) is 7.33. The minimum atomic E-state index is -0.608. The molecular weight excluding hydrogens is 430 g/mol. The maximum absolute atomic E-state index is 13.2. The fourth-order valence-electron chi connectivity index (χ4n) is 5.18.